The van der Waals surface area contributed by atoms with E-state index in [1.54, 1.807) is 6.20 Å². The van der Waals surface area contributed by atoms with E-state index in [9.17, 15) is 4.79 Å². The number of hydrogen-bond acceptors (Lipinski definition) is 5. The maximum absolute atomic E-state index is 10.8. The molecule has 0 radical (unpaired) electrons. The monoisotopic (exact) mass is 371 g/mol. The summed E-state index contributed by atoms with van der Waals surface area (Å²) in [6.45, 7) is 1.42. The van der Waals surface area contributed by atoms with Crippen molar-refractivity contribution in [3.8, 4) is 0 Å². The van der Waals surface area contributed by atoms with Gasteiger partial charge in [0.05, 0.1) is 5.75 Å². The Morgan fingerprint density at radius 3 is 3.00 bits per heavy atom. The molecule has 3 heterocycles. The summed E-state index contributed by atoms with van der Waals surface area (Å²) in [5, 5.41) is 9.61. The molecule has 0 saturated carbocycles. The molecule has 1 N–H and O–H groups in total. The highest BCUT2D eigenvalue weighted by Crippen LogP contribution is 2.32. The van der Waals surface area contributed by atoms with Gasteiger partial charge < -0.3 is 14.4 Å². The SMILES string of the molecule is O=C(O)CSc1nc2cc(Br)cnc2n1C1CCOCC1. The zero-order valence-electron chi connectivity index (χ0n) is 11.2. The standard InChI is InChI=1S/C13H14BrN3O3S/c14-8-5-10-12(15-6-8)17(9-1-3-20-4-2-9)13(16-10)21-7-11(18)19/h5-6,9H,1-4,7H2,(H,18,19). The first-order valence-corrected chi connectivity index (χ1v) is 8.39. The fourth-order valence-electron chi connectivity index (χ4n) is 2.44. The van der Waals surface area contributed by atoms with Crippen LogP contribution in [0.15, 0.2) is 21.9 Å². The van der Waals surface area contributed by atoms with Crippen LogP contribution in [0.25, 0.3) is 11.2 Å². The molecule has 1 fully saturated rings. The van der Waals surface area contributed by atoms with E-state index in [-0.39, 0.29) is 11.8 Å². The molecule has 0 aliphatic carbocycles. The van der Waals surface area contributed by atoms with Gasteiger partial charge in [-0.15, -0.1) is 0 Å². The minimum atomic E-state index is -0.847. The van der Waals surface area contributed by atoms with E-state index < -0.39 is 5.97 Å². The molecule has 0 spiro atoms. The van der Waals surface area contributed by atoms with Crippen LogP contribution in [0, 0.1) is 0 Å². The van der Waals surface area contributed by atoms with Gasteiger partial charge >= 0.3 is 5.97 Å². The van der Waals surface area contributed by atoms with Crippen molar-refractivity contribution >= 4 is 44.8 Å². The summed E-state index contributed by atoms with van der Waals surface area (Å²) in [4.78, 5) is 19.8. The van der Waals surface area contributed by atoms with Crippen molar-refractivity contribution in [2.45, 2.75) is 24.0 Å². The van der Waals surface area contributed by atoms with Gasteiger partial charge in [-0.1, -0.05) is 11.8 Å². The number of aliphatic carboxylic acids is 1. The second kappa shape index (κ2) is 6.33. The molecule has 0 unspecified atom stereocenters. The van der Waals surface area contributed by atoms with Crippen molar-refractivity contribution < 1.29 is 14.6 Å². The highest BCUT2D eigenvalue weighted by Gasteiger charge is 2.23. The van der Waals surface area contributed by atoms with Gasteiger partial charge in [0.15, 0.2) is 10.8 Å². The first kappa shape index (κ1) is 14.8. The van der Waals surface area contributed by atoms with E-state index in [0.29, 0.717) is 18.4 Å². The lowest BCUT2D eigenvalue weighted by Gasteiger charge is -2.25. The number of rotatable bonds is 4. The number of nitrogens with zero attached hydrogens (tertiary/aromatic N) is 3. The number of imidazole rings is 1. The van der Waals surface area contributed by atoms with Crippen LogP contribution in [-0.2, 0) is 9.53 Å². The maximum Gasteiger partial charge on any atom is 0.313 e. The zero-order valence-corrected chi connectivity index (χ0v) is 13.6. The Hall–Kier alpha value is -1.12. The Morgan fingerprint density at radius 2 is 2.29 bits per heavy atom. The van der Waals surface area contributed by atoms with Crippen LogP contribution in [0.4, 0.5) is 0 Å². The summed E-state index contributed by atoms with van der Waals surface area (Å²) in [6.07, 6.45) is 3.53. The average molecular weight is 372 g/mol. The van der Waals surface area contributed by atoms with Gasteiger partial charge in [-0.25, -0.2) is 9.97 Å². The van der Waals surface area contributed by atoms with Gasteiger partial charge in [0.2, 0.25) is 0 Å². The second-order valence-electron chi connectivity index (χ2n) is 4.79. The molecule has 0 bridgehead atoms. The Labute approximate surface area is 134 Å². The molecule has 3 rings (SSSR count). The summed E-state index contributed by atoms with van der Waals surface area (Å²) >= 11 is 4.63. The van der Waals surface area contributed by atoms with Gasteiger partial charge in [-0.2, -0.15) is 0 Å². The Morgan fingerprint density at radius 1 is 1.52 bits per heavy atom. The van der Waals surface area contributed by atoms with Crippen molar-refractivity contribution in [3.05, 3.63) is 16.7 Å². The maximum atomic E-state index is 10.8. The van der Waals surface area contributed by atoms with Gasteiger partial charge in [0.25, 0.3) is 0 Å². The van der Waals surface area contributed by atoms with Gasteiger partial charge in [-0.3, -0.25) is 4.79 Å². The number of pyridine rings is 1. The van der Waals surface area contributed by atoms with Gasteiger partial charge in [-0.05, 0) is 34.8 Å². The molecule has 1 aliphatic rings. The summed E-state index contributed by atoms with van der Waals surface area (Å²) in [7, 11) is 0. The van der Waals surface area contributed by atoms with Crippen molar-refractivity contribution in [3.63, 3.8) is 0 Å². The molecular weight excluding hydrogens is 358 g/mol. The smallest absolute Gasteiger partial charge is 0.313 e. The average Bonchev–Trinajstić information content (AvgIpc) is 2.83. The number of fused-ring (bicyclic) bond motifs is 1. The molecule has 1 aliphatic heterocycles. The zero-order chi connectivity index (χ0) is 14.8. The number of carbonyl (C=O) groups is 1. The molecule has 1 saturated heterocycles. The highest BCUT2D eigenvalue weighted by atomic mass is 79.9. The topological polar surface area (TPSA) is 77.2 Å². The van der Waals surface area contributed by atoms with Crippen LogP contribution in [0.2, 0.25) is 0 Å². The molecule has 0 aromatic carbocycles. The number of thioether (sulfide) groups is 1. The summed E-state index contributed by atoms with van der Waals surface area (Å²) in [5.41, 5.74) is 1.58. The molecule has 112 valence electrons. The molecule has 0 amide bonds. The number of halogens is 1. The van der Waals surface area contributed by atoms with Crippen molar-refractivity contribution in [2.24, 2.45) is 0 Å². The van der Waals surface area contributed by atoms with Crippen LogP contribution >= 0.6 is 27.7 Å². The molecule has 2 aromatic rings. The Bertz CT molecular complexity index is 670. The van der Waals surface area contributed by atoms with Crippen LogP contribution in [0.1, 0.15) is 18.9 Å². The van der Waals surface area contributed by atoms with E-state index in [2.05, 4.69) is 30.5 Å². The molecule has 2 aromatic heterocycles. The second-order valence-corrected chi connectivity index (χ2v) is 6.64. The lowest BCUT2D eigenvalue weighted by atomic mass is 10.1. The summed E-state index contributed by atoms with van der Waals surface area (Å²) in [5.74, 6) is -0.854. The number of ether oxygens (including phenoxy) is 1. The van der Waals surface area contributed by atoms with Crippen molar-refractivity contribution in [2.75, 3.05) is 19.0 Å². The lowest BCUT2D eigenvalue weighted by Crippen LogP contribution is -2.20. The predicted molar refractivity (Wildman–Crippen MR) is 82.7 cm³/mol. The molecule has 8 heteroatoms. The molecule has 6 nitrogen and oxygen atoms in total. The third-order valence-corrected chi connectivity index (χ3v) is 4.72. The number of carboxylic acid groups (broad SMARTS) is 1. The van der Waals surface area contributed by atoms with E-state index >= 15 is 0 Å². The van der Waals surface area contributed by atoms with Crippen LogP contribution in [0.5, 0.6) is 0 Å². The first-order chi connectivity index (χ1) is 10.1. The van der Waals surface area contributed by atoms with Crippen molar-refractivity contribution in [1.82, 2.24) is 14.5 Å². The van der Waals surface area contributed by atoms with E-state index in [4.69, 9.17) is 9.84 Å². The lowest BCUT2D eigenvalue weighted by molar-refractivity contribution is -0.133. The molecule has 21 heavy (non-hydrogen) atoms. The summed E-state index contributed by atoms with van der Waals surface area (Å²) < 4.78 is 8.33. The Balaban J connectivity index is 2.03. The highest BCUT2D eigenvalue weighted by molar-refractivity contribution is 9.10. The van der Waals surface area contributed by atoms with Crippen LogP contribution < -0.4 is 0 Å². The third kappa shape index (κ3) is 3.22. The largest absolute Gasteiger partial charge is 0.481 e. The number of aromatic nitrogens is 3. The number of hydrogen-bond donors (Lipinski definition) is 1. The third-order valence-electron chi connectivity index (χ3n) is 3.34. The molecule has 0 atom stereocenters. The fraction of sp³-hybridized carbons (Fsp3) is 0.462. The fourth-order valence-corrected chi connectivity index (χ4v) is 3.55. The van der Waals surface area contributed by atoms with Gasteiger partial charge in [0, 0.05) is 29.9 Å². The van der Waals surface area contributed by atoms with Crippen molar-refractivity contribution in [1.29, 1.82) is 0 Å². The van der Waals surface area contributed by atoms with E-state index in [0.717, 1.165) is 28.5 Å². The Kier molecular flexibility index (Phi) is 4.46. The minimum Gasteiger partial charge on any atom is -0.481 e. The predicted octanol–water partition coefficient (Wildman–Crippen LogP) is 2.72. The van der Waals surface area contributed by atoms with Gasteiger partial charge in [0.1, 0.15) is 5.52 Å². The molecular formula is C13H14BrN3O3S. The summed E-state index contributed by atoms with van der Waals surface area (Å²) in [6, 6.07) is 2.16. The van der Waals surface area contributed by atoms with Crippen LogP contribution in [0.3, 0.4) is 0 Å². The minimum absolute atomic E-state index is 0.00624. The quantitative estimate of drug-likeness (QED) is 0.832. The number of carboxylic acids is 1. The first-order valence-electron chi connectivity index (χ1n) is 6.61. The van der Waals surface area contributed by atoms with Crippen LogP contribution in [-0.4, -0.2) is 44.6 Å². The van der Waals surface area contributed by atoms with E-state index in [1.165, 1.54) is 11.8 Å². The normalized spacial score (nSPS) is 16.4. The van der Waals surface area contributed by atoms with E-state index in [1.807, 2.05) is 6.07 Å².